The highest BCUT2D eigenvalue weighted by Gasteiger charge is 2.09. The molecule has 0 aromatic heterocycles. The molecule has 0 spiro atoms. The van der Waals surface area contributed by atoms with Crippen molar-refractivity contribution in [3.63, 3.8) is 0 Å². The molecule has 0 saturated heterocycles. The molecule has 0 bridgehead atoms. The van der Waals surface area contributed by atoms with E-state index in [2.05, 4.69) is 21.4 Å². The standard InChI is InChI=1S/C10H14BrNO3/c1-13-8-4-7(6-12-15-3)10(14-2)9(11)5-8/h4-5,12H,6H2,1-3H3. The van der Waals surface area contributed by atoms with E-state index < -0.39 is 0 Å². The van der Waals surface area contributed by atoms with Gasteiger partial charge in [0.25, 0.3) is 0 Å². The minimum absolute atomic E-state index is 0.551. The van der Waals surface area contributed by atoms with E-state index in [0.29, 0.717) is 6.54 Å². The molecule has 5 heteroatoms. The maximum Gasteiger partial charge on any atom is 0.137 e. The van der Waals surface area contributed by atoms with Gasteiger partial charge in [-0.3, -0.25) is 0 Å². The van der Waals surface area contributed by atoms with Crippen molar-refractivity contribution in [2.24, 2.45) is 0 Å². The van der Waals surface area contributed by atoms with Gasteiger partial charge in [0.2, 0.25) is 0 Å². The molecule has 4 nitrogen and oxygen atoms in total. The molecule has 0 aliphatic heterocycles. The number of benzene rings is 1. The van der Waals surface area contributed by atoms with Gasteiger partial charge in [-0.2, -0.15) is 5.48 Å². The molecule has 0 aliphatic carbocycles. The molecule has 0 radical (unpaired) electrons. The van der Waals surface area contributed by atoms with Gasteiger partial charge >= 0.3 is 0 Å². The minimum Gasteiger partial charge on any atom is -0.497 e. The van der Waals surface area contributed by atoms with Crippen LogP contribution in [0.25, 0.3) is 0 Å². The predicted molar refractivity (Wildman–Crippen MR) is 61.1 cm³/mol. The monoisotopic (exact) mass is 275 g/mol. The topological polar surface area (TPSA) is 39.7 Å². The summed E-state index contributed by atoms with van der Waals surface area (Å²) in [6.45, 7) is 0.551. The first-order chi connectivity index (χ1) is 7.22. The third-order valence-electron chi connectivity index (χ3n) is 1.94. The second-order valence-electron chi connectivity index (χ2n) is 2.83. The highest BCUT2D eigenvalue weighted by atomic mass is 79.9. The minimum atomic E-state index is 0.551. The van der Waals surface area contributed by atoms with Crippen molar-refractivity contribution in [2.75, 3.05) is 21.3 Å². The number of methoxy groups -OCH3 is 2. The average Bonchev–Trinajstić information content (AvgIpc) is 2.25. The van der Waals surface area contributed by atoms with E-state index in [1.54, 1.807) is 21.3 Å². The van der Waals surface area contributed by atoms with E-state index >= 15 is 0 Å². The summed E-state index contributed by atoms with van der Waals surface area (Å²) in [5.74, 6) is 1.55. The van der Waals surface area contributed by atoms with E-state index in [1.165, 1.54) is 0 Å². The summed E-state index contributed by atoms with van der Waals surface area (Å²) < 4.78 is 11.3. The molecule has 0 unspecified atom stereocenters. The Bertz CT molecular complexity index is 331. The smallest absolute Gasteiger partial charge is 0.137 e. The molecule has 0 fully saturated rings. The van der Waals surface area contributed by atoms with Crippen LogP contribution in [0.1, 0.15) is 5.56 Å². The number of ether oxygens (including phenoxy) is 2. The normalized spacial score (nSPS) is 10.1. The van der Waals surface area contributed by atoms with Gasteiger partial charge in [0.15, 0.2) is 0 Å². The number of hydrogen-bond donors (Lipinski definition) is 1. The summed E-state index contributed by atoms with van der Waals surface area (Å²) in [7, 11) is 4.83. The van der Waals surface area contributed by atoms with Crippen LogP contribution in [0.15, 0.2) is 16.6 Å². The molecule has 1 rings (SSSR count). The Morgan fingerprint density at radius 2 is 1.93 bits per heavy atom. The van der Waals surface area contributed by atoms with E-state index in [0.717, 1.165) is 21.5 Å². The van der Waals surface area contributed by atoms with Crippen molar-refractivity contribution in [1.29, 1.82) is 0 Å². The third-order valence-corrected chi connectivity index (χ3v) is 2.53. The van der Waals surface area contributed by atoms with Crippen LogP contribution in [0.4, 0.5) is 0 Å². The second kappa shape index (κ2) is 5.95. The van der Waals surface area contributed by atoms with Crippen LogP contribution in [0.2, 0.25) is 0 Å². The SMILES string of the molecule is CONCc1cc(OC)cc(Br)c1OC. The van der Waals surface area contributed by atoms with Gasteiger partial charge in [0.1, 0.15) is 11.5 Å². The summed E-state index contributed by atoms with van der Waals surface area (Å²) >= 11 is 3.42. The lowest BCUT2D eigenvalue weighted by molar-refractivity contribution is 0.0860. The van der Waals surface area contributed by atoms with Crippen molar-refractivity contribution in [1.82, 2.24) is 5.48 Å². The molecule has 0 atom stereocenters. The fourth-order valence-electron chi connectivity index (χ4n) is 1.25. The molecule has 15 heavy (non-hydrogen) atoms. The van der Waals surface area contributed by atoms with Gasteiger partial charge < -0.3 is 14.3 Å². The van der Waals surface area contributed by atoms with Crippen molar-refractivity contribution in [3.05, 3.63) is 22.2 Å². The van der Waals surface area contributed by atoms with Gasteiger partial charge in [-0.1, -0.05) is 0 Å². The van der Waals surface area contributed by atoms with Crippen molar-refractivity contribution < 1.29 is 14.3 Å². The number of rotatable bonds is 5. The number of nitrogens with one attached hydrogen (secondary N) is 1. The van der Waals surface area contributed by atoms with E-state index in [-0.39, 0.29) is 0 Å². The fourth-order valence-corrected chi connectivity index (χ4v) is 1.89. The van der Waals surface area contributed by atoms with E-state index in [9.17, 15) is 0 Å². The second-order valence-corrected chi connectivity index (χ2v) is 3.68. The molecule has 1 aromatic carbocycles. The predicted octanol–water partition coefficient (Wildman–Crippen LogP) is 2.12. The molecule has 84 valence electrons. The third kappa shape index (κ3) is 3.09. The van der Waals surface area contributed by atoms with Crippen LogP contribution in [-0.4, -0.2) is 21.3 Å². The lowest BCUT2D eigenvalue weighted by Gasteiger charge is -2.12. The molecule has 1 aromatic rings. The Kier molecular flexibility index (Phi) is 4.87. The lowest BCUT2D eigenvalue weighted by atomic mass is 10.2. The van der Waals surface area contributed by atoms with Crippen LogP contribution < -0.4 is 15.0 Å². The van der Waals surface area contributed by atoms with E-state index in [1.807, 2.05) is 12.1 Å². The van der Waals surface area contributed by atoms with Gasteiger partial charge in [-0.05, 0) is 28.1 Å². The molecular formula is C10H14BrNO3. The van der Waals surface area contributed by atoms with Crippen molar-refractivity contribution in [3.8, 4) is 11.5 Å². The number of hydroxylamine groups is 1. The lowest BCUT2D eigenvalue weighted by Crippen LogP contribution is -2.12. The summed E-state index contributed by atoms with van der Waals surface area (Å²) in [5, 5.41) is 0. The van der Waals surface area contributed by atoms with Gasteiger partial charge in [0, 0.05) is 12.1 Å². The van der Waals surface area contributed by atoms with Crippen molar-refractivity contribution in [2.45, 2.75) is 6.54 Å². The Hall–Kier alpha value is -0.780. The molecule has 0 saturated carbocycles. The summed E-state index contributed by atoms with van der Waals surface area (Å²) in [6.07, 6.45) is 0. The zero-order chi connectivity index (χ0) is 11.3. The Morgan fingerprint density at radius 1 is 1.20 bits per heavy atom. The van der Waals surface area contributed by atoms with Gasteiger partial charge in [0.05, 0.1) is 25.8 Å². The highest BCUT2D eigenvalue weighted by molar-refractivity contribution is 9.10. The fraction of sp³-hybridized carbons (Fsp3) is 0.400. The molecule has 1 N–H and O–H groups in total. The molecular weight excluding hydrogens is 262 g/mol. The van der Waals surface area contributed by atoms with Crippen LogP contribution >= 0.6 is 15.9 Å². The Balaban J connectivity index is 3.02. The number of halogens is 1. The first-order valence-electron chi connectivity index (χ1n) is 4.39. The van der Waals surface area contributed by atoms with Crippen molar-refractivity contribution >= 4 is 15.9 Å². The number of hydrogen-bond acceptors (Lipinski definition) is 4. The highest BCUT2D eigenvalue weighted by Crippen LogP contribution is 2.33. The molecule has 0 amide bonds. The molecule has 0 aliphatic rings. The van der Waals surface area contributed by atoms with Gasteiger partial charge in [-0.25, -0.2) is 0 Å². The van der Waals surface area contributed by atoms with Crippen LogP contribution in [0, 0.1) is 0 Å². The van der Waals surface area contributed by atoms with Crippen LogP contribution in [0.5, 0.6) is 11.5 Å². The van der Waals surface area contributed by atoms with Crippen LogP contribution in [0.3, 0.4) is 0 Å². The summed E-state index contributed by atoms with van der Waals surface area (Å²) in [6, 6.07) is 3.75. The largest absolute Gasteiger partial charge is 0.497 e. The van der Waals surface area contributed by atoms with E-state index in [4.69, 9.17) is 14.3 Å². The van der Waals surface area contributed by atoms with Crippen LogP contribution in [-0.2, 0) is 11.4 Å². The zero-order valence-corrected chi connectivity index (χ0v) is 10.6. The Morgan fingerprint density at radius 3 is 2.47 bits per heavy atom. The molecule has 0 heterocycles. The first kappa shape index (κ1) is 12.3. The summed E-state index contributed by atoms with van der Waals surface area (Å²) in [4.78, 5) is 4.80. The summed E-state index contributed by atoms with van der Waals surface area (Å²) in [5.41, 5.74) is 3.72. The zero-order valence-electron chi connectivity index (χ0n) is 8.96. The maximum atomic E-state index is 5.27. The average molecular weight is 276 g/mol. The first-order valence-corrected chi connectivity index (χ1v) is 5.18. The maximum absolute atomic E-state index is 5.27. The quantitative estimate of drug-likeness (QED) is 0.836. The Labute approximate surface area is 97.6 Å². The van der Waals surface area contributed by atoms with Gasteiger partial charge in [-0.15, -0.1) is 0 Å².